The summed E-state index contributed by atoms with van der Waals surface area (Å²) < 4.78 is 40.7. The van der Waals surface area contributed by atoms with Crippen molar-refractivity contribution in [3.05, 3.63) is 82.1 Å². The topological polar surface area (TPSA) is 64.0 Å². The van der Waals surface area contributed by atoms with Crippen LogP contribution in [0.3, 0.4) is 0 Å². The molecule has 1 atom stereocenters. The third-order valence-corrected chi connectivity index (χ3v) is 4.65. The number of carbonyl (C=O) groups is 1. The maximum atomic E-state index is 13.2. The van der Waals surface area contributed by atoms with Crippen LogP contribution in [0.5, 0.6) is 0 Å². The van der Waals surface area contributed by atoms with Crippen molar-refractivity contribution in [2.24, 2.45) is 0 Å². The van der Waals surface area contributed by atoms with Gasteiger partial charge in [-0.2, -0.15) is 18.3 Å². The number of hydrogen-bond donors (Lipinski definition) is 1. The summed E-state index contributed by atoms with van der Waals surface area (Å²) in [6, 6.07) is 13.9. The number of aromatic nitrogens is 2. The van der Waals surface area contributed by atoms with Gasteiger partial charge in [0.1, 0.15) is 6.04 Å². The molecular formula is C22H20F3N3O2. The van der Waals surface area contributed by atoms with Crippen molar-refractivity contribution in [1.82, 2.24) is 9.78 Å². The van der Waals surface area contributed by atoms with E-state index in [1.165, 1.54) is 24.3 Å². The number of alkyl halides is 3. The number of amides is 1. The van der Waals surface area contributed by atoms with Crippen molar-refractivity contribution >= 4 is 11.6 Å². The Balaban J connectivity index is 1.95. The van der Waals surface area contributed by atoms with Gasteiger partial charge in [-0.25, -0.2) is 4.68 Å². The molecule has 1 amide bonds. The van der Waals surface area contributed by atoms with Crippen LogP contribution in [0.1, 0.15) is 30.5 Å². The zero-order chi connectivity index (χ0) is 21.9. The fraction of sp³-hybridized carbons (Fsp3) is 0.227. The number of rotatable bonds is 5. The molecule has 0 saturated carbocycles. The first-order chi connectivity index (χ1) is 14.2. The Hall–Kier alpha value is -3.42. The minimum atomic E-state index is -4.62. The van der Waals surface area contributed by atoms with Gasteiger partial charge in [0.25, 0.3) is 5.56 Å². The second-order valence-corrected chi connectivity index (χ2v) is 6.82. The fourth-order valence-corrected chi connectivity index (χ4v) is 3.05. The van der Waals surface area contributed by atoms with Gasteiger partial charge in [-0.3, -0.25) is 9.59 Å². The van der Waals surface area contributed by atoms with E-state index in [2.05, 4.69) is 10.4 Å². The number of carbonyl (C=O) groups excluding carboxylic acids is 1. The number of para-hydroxylation sites is 1. The average molecular weight is 415 g/mol. The summed E-state index contributed by atoms with van der Waals surface area (Å²) in [5, 5.41) is 6.60. The molecule has 8 heteroatoms. The van der Waals surface area contributed by atoms with Gasteiger partial charge in [-0.15, -0.1) is 0 Å². The lowest BCUT2D eigenvalue weighted by atomic mass is 10.1. The van der Waals surface area contributed by atoms with Crippen LogP contribution < -0.4 is 10.9 Å². The summed E-state index contributed by atoms with van der Waals surface area (Å²) >= 11 is 0. The highest BCUT2D eigenvalue weighted by atomic mass is 19.4. The van der Waals surface area contributed by atoms with Crippen LogP contribution in [0.25, 0.3) is 11.3 Å². The predicted molar refractivity (Wildman–Crippen MR) is 108 cm³/mol. The quantitative estimate of drug-likeness (QED) is 0.649. The molecule has 30 heavy (non-hydrogen) atoms. The molecule has 3 aromatic rings. The van der Waals surface area contributed by atoms with Gasteiger partial charge < -0.3 is 5.32 Å². The highest BCUT2D eigenvalue weighted by Gasteiger charge is 2.34. The van der Waals surface area contributed by atoms with Gasteiger partial charge >= 0.3 is 6.18 Å². The van der Waals surface area contributed by atoms with E-state index < -0.39 is 29.2 Å². The Bertz CT molecular complexity index is 1110. The first kappa shape index (κ1) is 21.3. The first-order valence-corrected chi connectivity index (χ1v) is 9.34. The van der Waals surface area contributed by atoms with Crippen molar-refractivity contribution in [2.75, 3.05) is 5.32 Å². The van der Waals surface area contributed by atoms with E-state index in [0.717, 1.165) is 21.9 Å². The summed E-state index contributed by atoms with van der Waals surface area (Å²) in [7, 11) is 0. The van der Waals surface area contributed by atoms with Gasteiger partial charge in [0.05, 0.1) is 16.9 Å². The summed E-state index contributed by atoms with van der Waals surface area (Å²) in [5.74, 6) is -0.746. The van der Waals surface area contributed by atoms with E-state index in [0.29, 0.717) is 5.69 Å². The van der Waals surface area contributed by atoms with Gasteiger partial charge in [0.2, 0.25) is 5.91 Å². The number of aryl methyl sites for hydroxylation is 1. The van der Waals surface area contributed by atoms with Crippen LogP contribution in [-0.4, -0.2) is 15.7 Å². The normalized spacial score (nSPS) is 12.4. The third-order valence-electron chi connectivity index (χ3n) is 4.65. The van der Waals surface area contributed by atoms with Crippen molar-refractivity contribution in [3.63, 3.8) is 0 Å². The van der Waals surface area contributed by atoms with E-state index in [-0.39, 0.29) is 12.1 Å². The van der Waals surface area contributed by atoms with E-state index in [1.54, 1.807) is 13.0 Å². The second kappa shape index (κ2) is 8.52. The van der Waals surface area contributed by atoms with Crippen LogP contribution in [0.2, 0.25) is 0 Å². The number of nitrogens with one attached hydrogen (secondary N) is 1. The molecule has 5 nitrogen and oxygen atoms in total. The molecule has 0 bridgehead atoms. The Morgan fingerprint density at radius 3 is 2.37 bits per heavy atom. The van der Waals surface area contributed by atoms with Crippen molar-refractivity contribution in [3.8, 4) is 11.3 Å². The summed E-state index contributed by atoms with van der Waals surface area (Å²) in [6.45, 7) is 3.60. The monoisotopic (exact) mass is 415 g/mol. The smallest absolute Gasteiger partial charge is 0.324 e. The number of anilines is 1. The maximum absolute atomic E-state index is 13.2. The van der Waals surface area contributed by atoms with Crippen LogP contribution >= 0.6 is 0 Å². The maximum Gasteiger partial charge on any atom is 0.418 e. The first-order valence-electron chi connectivity index (χ1n) is 9.34. The Morgan fingerprint density at radius 2 is 1.73 bits per heavy atom. The minimum Gasteiger partial charge on any atom is -0.324 e. The van der Waals surface area contributed by atoms with E-state index >= 15 is 0 Å². The molecule has 0 spiro atoms. The minimum absolute atomic E-state index is 0.171. The largest absolute Gasteiger partial charge is 0.418 e. The molecule has 3 rings (SSSR count). The molecule has 0 aliphatic heterocycles. The lowest BCUT2D eigenvalue weighted by Gasteiger charge is -2.19. The van der Waals surface area contributed by atoms with Gasteiger partial charge in [0.15, 0.2) is 0 Å². The molecule has 1 N–H and O–H groups in total. The molecule has 0 radical (unpaired) electrons. The molecule has 0 aliphatic carbocycles. The lowest BCUT2D eigenvalue weighted by Crippen LogP contribution is -2.35. The Labute approximate surface area is 171 Å². The number of halogens is 3. The van der Waals surface area contributed by atoms with Crippen molar-refractivity contribution < 1.29 is 18.0 Å². The van der Waals surface area contributed by atoms with E-state index in [9.17, 15) is 22.8 Å². The number of benzene rings is 2. The SMILES string of the molecule is CC[C@@H](C(=O)Nc1ccccc1C(F)(F)F)n1nc(-c2ccc(C)cc2)ccc1=O. The van der Waals surface area contributed by atoms with Crippen molar-refractivity contribution in [2.45, 2.75) is 32.5 Å². The summed E-state index contributed by atoms with van der Waals surface area (Å²) in [4.78, 5) is 25.2. The van der Waals surface area contributed by atoms with Crippen LogP contribution in [0.4, 0.5) is 18.9 Å². The molecule has 0 saturated heterocycles. The summed E-state index contributed by atoms with van der Waals surface area (Å²) in [5.41, 5.74) is 0.458. The third kappa shape index (κ3) is 4.59. The molecular weight excluding hydrogens is 395 g/mol. The van der Waals surface area contributed by atoms with Crippen molar-refractivity contribution in [1.29, 1.82) is 0 Å². The van der Waals surface area contributed by atoms with Gasteiger partial charge in [-0.05, 0) is 31.5 Å². The molecule has 1 heterocycles. The van der Waals surface area contributed by atoms with E-state index in [1.807, 2.05) is 31.2 Å². The molecule has 2 aromatic carbocycles. The predicted octanol–water partition coefficient (Wildman–Crippen LogP) is 4.83. The molecule has 0 fully saturated rings. The molecule has 0 aliphatic rings. The zero-order valence-corrected chi connectivity index (χ0v) is 16.4. The number of hydrogen-bond acceptors (Lipinski definition) is 3. The number of nitrogens with zero attached hydrogens (tertiary/aromatic N) is 2. The molecule has 156 valence electrons. The van der Waals surface area contributed by atoms with Gasteiger partial charge in [0, 0.05) is 11.6 Å². The fourth-order valence-electron chi connectivity index (χ4n) is 3.05. The second-order valence-electron chi connectivity index (χ2n) is 6.82. The Morgan fingerprint density at radius 1 is 1.07 bits per heavy atom. The van der Waals surface area contributed by atoms with E-state index in [4.69, 9.17) is 0 Å². The molecule has 0 unspecified atom stereocenters. The Kier molecular flexibility index (Phi) is 6.05. The molecule has 1 aromatic heterocycles. The van der Waals surface area contributed by atoms with Gasteiger partial charge in [-0.1, -0.05) is 48.9 Å². The highest BCUT2D eigenvalue weighted by Crippen LogP contribution is 2.34. The van der Waals surface area contributed by atoms with Crippen LogP contribution in [-0.2, 0) is 11.0 Å². The lowest BCUT2D eigenvalue weighted by molar-refractivity contribution is -0.137. The zero-order valence-electron chi connectivity index (χ0n) is 16.4. The average Bonchev–Trinajstić information content (AvgIpc) is 2.70. The van der Waals surface area contributed by atoms with Crippen LogP contribution in [0.15, 0.2) is 65.5 Å². The summed E-state index contributed by atoms with van der Waals surface area (Å²) in [6.07, 6.45) is -4.45. The highest BCUT2D eigenvalue weighted by molar-refractivity contribution is 5.94. The standard InChI is InChI=1S/C22H20F3N3O2/c1-3-19(21(30)26-18-7-5-4-6-16(18)22(23,24)25)28-20(29)13-12-17(27-28)15-10-8-14(2)9-11-15/h4-13,19H,3H2,1-2H3,(H,26,30)/t19-/m0/s1. The van der Waals surface area contributed by atoms with Crippen LogP contribution in [0, 0.1) is 6.92 Å².